The SMILES string of the molecule is O=C(Nc1cc(F)ccc1F)[C@@H]1CCCN(c2ncccc2C(F)(F)F)C1. The first-order valence-corrected chi connectivity index (χ1v) is 8.29. The van der Waals surface area contributed by atoms with E-state index in [-0.39, 0.29) is 18.1 Å². The molecule has 1 N–H and O–H groups in total. The zero-order valence-electron chi connectivity index (χ0n) is 14.1. The summed E-state index contributed by atoms with van der Waals surface area (Å²) in [5, 5.41) is 2.31. The molecular weight excluding hydrogens is 369 g/mol. The summed E-state index contributed by atoms with van der Waals surface area (Å²) >= 11 is 0. The Balaban J connectivity index is 1.77. The summed E-state index contributed by atoms with van der Waals surface area (Å²) in [6.45, 7) is 0.320. The number of piperidine rings is 1. The molecule has 0 bridgehead atoms. The lowest BCUT2D eigenvalue weighted by Gasteiger charge is -2.34. The monoisotopic (exact) mass is 385 g/mol. The Morgan fingerprint density at radius 2 is 2.00 bits per heavy atom. The predicted octanol–water partition coefficient (Wildman–Crippen LogP) is 4.23. The molecule has 1 aliphatic rings. The number of hydrogen-bond acceptors (Lipinski definition) is 3. The van der Waals surface area contributed by atoms with Crippen LogP contribution in [0, 0.1) is 17.6 Å². The Morgan fingerprint density at radius 1 is 1.22 bits per heavy atom. The van der Waals surface area contributed by atoms with Gasteiger partial charge in [-0.05, 0) is 37.1 Å². The van der Waals surface area contributed by atoms with Gasteiger partial charge in [-0.1, -0.05) is 0 Å². The maximum Gasteiger partial charge on any atom is 0.419 e. The lowest BCUT2D eigenvalue weighted by atomic mass is 9.96. The minimum Gasteiger partial charge on any atom is -0.355 e. The lowest BCUT2D eigenvalue weighted by molar-refractivity contribution is -0.137. The second kappa shape index (κ2) is 7.50. The van der Waals surface area contributed by atoms with Crippen molar-refractivity contribution in [3.05, 3.63) is 53.7 Å². The van der Waals surface area contributed by atoms with Crippen molar-refractivity contribution in [2.75, 3.05) is 23.3 Å². The third-order valence-corrected chi connectivity index (χ3v) is 4.37. The summed E-state index contributed by atoms with van der Waals surface area (Å²) in [5.41, 5.74) is -1.17. The number of anilines is 2. The highest BCUT2D eigenvalue weighted by Gasteiger charge is 2.37. The zero-order chi connectivity index (χ0) is 19.6. The highest BCUT2D eigenvalue weighted by Crippen LogP contribution is 2.36. The van der Waals surface area contributed by atoms with Crippen LogP contribution in [0.15, 0.2) is 36.5 Å². The molecule has 1 aromatic heterocycles. The number of nitrogens with one attached hydrogen (secondary N) is 1. The number of aromatic nitrogens is 1. The van der Waals surface area contributed by atoms with Gasteiger partial charge < -0.3 is 10.2 Å². The van der Waals surface area contributed by atoms with Crippen LogP contribution in [0.25, 0.3) is 0 Å². The van der Waals surface area contributed by atoms with Crippen LogP contribution >= 0.6 is 0 Å². The quantitative estimate of drug-likeness (QED) is 0.805. The molecule has 1 aliphatic heterocycles. The molecule has 1 aromatic carbocycles. The number of carbonyl (C=O) groups excluding carboxylic acids is 1. The third-order valence-electron chi connectivity index (χ3n) is 4.37. The maximum absolute atomic E-state index is 13.7. The summed E-state index contributed by atoms with van der Waals surface area (Å²) in [6, 6.07) is 4.81. The second-order valence-electron chi connectivity index (χ2n) is 6.27. The normalized spacial score (nSPS) is 17.7. The van der Waals surface area contributed by atoms with Gasteiger partial charge in [0.2, 0.25) is 5.91 Å². The minimum absolute atomic E-state index is 0.00284. The van der Waals surface area contributed by atoms with Crippen molar-refractivity contribution in [2.45, 2.75) is 19.0 Å². The molecule has 4 nitrogen and oxygen atoms in total. The van der Waals surface area contributed by atoms with E-state index in [1.165, 1.54) is 17.2 Å². The first kappa shape index (κ1) is 19.1. The fourth-order valence-electron chi connectivity index (χ4n) is 3.08. The summed E-state index contributed by atoms with van der Waals surface area (Å²) in [6.07, 6.45) is -2.41. The van der Waals surface area contributed by atoms with Crippen molar-refractivity contribution >= 4 is 17.4 Å². The van der Waals surface area contributed by atoms with Crippen LogP contribution in [0.4, 0.5) is 33.5 Å². The van der Waals surface area contributed by atoms with Gasteiger partial charge in [0.1, 0.15) is 17.5 Å². The number of amides is 1. The number of hydrogen-bond donors (Lipinski definition) is 1. The van der Waals surface area contributed by atoms with Crippen molar-refractivity contribution in [1.82, 2.24) is 4.98 Å². The highest BCUT2D eigenvalue weighted by atomic mass is 19.4. The van der Waals surface area contributed by atoms with Crippen LogP contribution in [0.3, 0.4) is 0 Å². The largest absolute Gasteiger partial charge is 0.419 e. The molecule has 1 atom stereocenters. The van der Waals surface area contributed by atoms with E-state index in [1.54, 1.807) is 0 Å². The van der Waals surface area contributed by atoms with E-state index in [0.717, 1.165) is 24.3 Å². The topological polar surface area (TPSA) is 45.2 Å². The van der Waals surface area contributed by atoms with E-state index in [1.807, 2.05) is 0 Å². The first-order valence-electron chi connectivity index (χ1n) is 8.29. The van der Waals surface area contributed by atoms with Crippen molar-refractivity contribution in [3.63, 3.8) is 0 Å². The number of halogens is 5. The molecule has 1 saturated heterocycles. The van der Waals surface area contributed by atoms with Crippen LogP contribution in [0.2, 0.25) is 0 Å². The van der Waals surface area contributed by atoms with Crippen molar-refractivity contribution in [3.8, 4) is 0 Å². The molecule has 144 valence electrons. The van der Waals surface area contributed by atoms with Gasteiger partial charge in [-0.25, -0.2) is 13.8 Å². The lowest BCUT2D eigenvalue weighted by Crippen LogP contribution is -2.42. The van der Waals surface area contributed by atoms with Crippen molar-refractivity contribution in [1.29, 1.82) is 0 Å². The molecular formula is C18H16F5N3O. The van der Waals surface area contributed by atoms with Gasteiger partial charge in [0, 0.05) is 25.4 Å². The molecule has 9 heteroatoms. The van der Waals surface area contributed by atoms with E-state index < -0.39 is 35.2 Å². The third kappa shape index (κ3) is 4.35. The minimum atomic E-state index is -4.57. The summed E-state index contributed by atoms with van der Waals surface area (Å²) in [4.78, 5) is 17.7. The van der Waals surface area contributed by atoms with Gasteiger partial charge >= 0.3 is 6.18 Å². The number of carbonyl (C=O) groups is 1. The maximum atomic E-state index is 13.7. The van der Waals surface area contributed by atoms with Gasteiger partial charge in [0.15, 0.2) is 0 Å². The number of nitrogens with zero attached hydrogens (tertiary/aromatic N) is 2. The highest BCUT2D eigenvalue weighted by molar-refractivity contribution is 5.93. The smallest absolute Gasteiger partial charge is 0.355 e. The Hall–Kier alpha value is -2.71. The second-order valence-corrected chi connectivity index (χ2v) is 6.27. The Morgan fingerprint density at radius 3 is 2.74 bits per heavy atom. The fourth-order valence-corrected chi connectivity index (χ4v) is 3.08. The van der Waals surface area contributed by atoms with Crippen LogP contribution in [-0.4, -0.2) is 24.0 Å². The van der Waals surface area contributed by atoms with Gasteiger partial charge in [-0.3, -0.25) is 4.79 Å². The van der Waals surface area contributed by atoms with Crippen molar-refractivity contribution < 1.29 is 26.7 Å². The zero-order valence-corrected chi connectivity index (χ0v) is 14.1. The van der Waals surface area contributed by atoms with Crippen molar-refractivity contribution in [2.24, 2.45) is 5.92 Å². The molecule has 0 unspecified atom stereocenters. The number of rotatable bonds is 3. The predicted molar refractivity (Wildman–Crippen MR) is 89.2 cm³/mol. The Bertz CT molecular complexity index is 840. The van der Waals surface area contributed by atoms with Gasteiger partial charge in [-0.15, -0.1) is 0 Å². The number of alkyl halides is 3. The van der Waals surface area contributed by atoms with E-state index in [4.69, 9.17) is 0 Å². The van der Waals surface area contributed by atoms with Gasteiger partial charge in [-0.2, -0.15) is 13.2 Å². The van der Waals surface area contributed by atoms with E-state index in [2.05, 4.69) is 10.3 Å². The van der Waals surface area contributed by atoms with Crippen LogP contribution < -0.4 is 10.2 Å². The molecule has 0 saturated carbocycles. The van der Waals surface area contributed by atoms with Gasteiger partial charge in [0.05, 0.1) is 17.2 Å². The average molecular weight is 385 g/mol. The average Bonchev–Trinajstić information content (AvgIpc) is 2.64. The Kier molecular flexibility index (Phi) is 5.29. The summed E-state index contributed by atoms with van der Waals surface area (Å²) in [7, 11) is 0. The molecule has 0 spiro atoms. The van der Waals surface area contributed by atoms with Crippen LogP contribution in [0.1, 0.15) is 18.4 Å². The molecule has 0 aliphatic carbocycles. The van der Waals surface area contributed by atoms with E-state index >= 15 is 0 Å². The van der Waals surface area contributed by atoms with E-state index in [0.29, 0.717) is 19.4 Å². The van der Waals surface area contributed by atoms with E-state index in [9.17, 15) is 26.7 Å². The Labute approximate surface area is 152 Å². The fraction of sp³-hybridized carbons (Fsp3) is 0.333. The summed E-state index contributed by atoms with van der Waals surface area (Å²) < 4.78 is 66.6. The molecule has 0 radical (unpaired) electrons. The van der Waals surface area contributed by atoms with Gasteiger partial charge in [0.25, 0.3) is 0 Å². The first-order chi connectivity index (χ1) is 12.8. The molecule has 1 amide bonds. The number of benzene rings is 1. The molecule has 27 heavy (non-hydrogen) atoms. The molecule has 1 fully saturated rings. The van der Waals surface area contributed by atoms with Crippen LogP contribution in [-0.2, 0) is 11.0 Å². The molecule has 3 rings (SSSR count). The number of pyridine rings is 1. The molecule has 2 aromatic rings. The standard InChI is InChI=1S/C18H16F5N3O/c19-12-5-6-14(20)15(9-12)25-17(27)11-3-2-8-26(10-11)16-13(18(21,22)23)4-1-7-24-16/h1,4-7,9,11H,2-3,8,10H2,(H,25,27)/t11-/m1/s1. The van der Waals surface area contributed by atoms with Crippen LogP contribution in [0.5, 0.6) is 0 Å². The summed E-state index contributed by atoms with van der Waals surface area (Å²) in [5.74, 6) is -2.99. The molecule has 2 heterocycles.